The summed E-state index contributed by atoms with van der Waals surface area (Å²) in [6.07, 6.45) is 2.20. The lowest BCUT2D eigenvalue weighted by Gasteiger charge is -2.22. The molecule has 1 aromatic rings. The van der Waals surface area contributed by atoms with Gasteiger partial charge in [-0.15, -0.1) is 0 Å². The van der Waals surface area contributed by atoms with Crippen LogP contribution in [0, 0.1) is 0 Å². The van der Waals surface area contributed by atoms with Crippen molar-refractivity contribution in [1.82, 2.24) is 5.32 Å². The maximum absolute atomic E-state index is 11.4. The topological polar surface area (TPSA) is 55.4 Å². The molecule has 0 aromatic heterocycles. The van der Waals surface area contributed by atoms with Crippen molar-refractivity contribution < 1.29 is 13.2 Å². The van der Waals surface area contributed by atoms with Gasteiger partial charge in [-0.05, 0) is 31.0 Å². The number of hydrogen-bond donors (Lipinski definition) is 1. The van der Waals surface area contributed by atoms with E-state index in [2.05, 4.69) is 19.2 Å². The summed E-state index contributed by atoms with van der Waals surface area (Å²) in [4.78, 5) is 0.354. The van der Waals surface area contributed by atoms with Crippen molar-refractivity contribution in [1.29, 1.82) is 0 Å². The van der Waals surface area contributed by atoms with E-state index in [-0.39, 0.29) is 6.04 Å². The van der Waals surface area contributed by atoms with Crippen molar-refractivity contribution in [3.05, 3.63) is 29.8 Å². The molecule has 1 rings (SSSR count). The van der Waals surface area contributed by atoms with Crippen LogP contribution in [0.3, 0.4) is 0 Å². The van der Waals surface area contributed by atoms with Crippen LogP contribution in [0.15, 0.2) is 29.2 Å². The van der Waals surface area contributed by atoms with Crippen LogP contribution in [0.1, 0.15) is 31.9 Å². The van der Waals surface area contributed by atoms with Gasteiger partial charge in [-0.25, -0.2) is 8.42 Å². The Bertz CT molecular complexity index is 482. The van der Waals surface area contributed by atoms with Gasteiger partial charge in [0.1, 0.15) is 0 Å². The second kappa shape index (κ2) is 7.03. The van der Waals surface area contributed by atoms with Crippen LogP contribution in [-0.4, -0.2) is 34.4 Å². The lowest BCUT2D eigenvalue weighted by Crippen LogP contribution is -2.34. The highest BCUT2D eigenvalue weighted by atomic mass is 32.2. The molecular formula is C14H23NO3S. The van der Waals surface area contributed by atoms with E-state index in [9.17, 15) is 8.42 Å². The van der Waals surface area contributed by atoms with Gasteiger partial charge in [-0.1, -0.05) is 19.1 Å². The largest absolute Gasteiger partial charge is 0.383 e. The summed E-state index contributed by atoms with van der Waals surface area (Å²) in [6, 6.07) is 7.48. The molecule has 0 heterocycles. The van der Waals surface area contributed by atoms with Crippen LogP contribution >= 0.6 is 0 Å². The molecule has 108 valence electrons. The summed E-state index contributed by atoms with van der Waals surface area (Å²) in [7, 11) is -1.43. The first-order valence-corrected chi connectivity index (χ1v) is 8.32. The molecule has 19 heavy (non-hydrogen) atoms. The fourth-order valence-electron chi connectivity index (χ4n) is 1.94. The molecule has 0 aliphatic heterocycles. The zero-order chi connectivity index (χ0) is 14.5. The highest BCUT2D eigenvalue weighted by Gasteiger charge is 2.13. The van der Waals surface area contributed by atoms with Crippen molar-refractivity contribution >= 4 is 9.84 Å². The van der Waals surface area contributed by atoms with Crippen LogP contribution in [-0.2, 0) is 14.6 Å². The molecule has 1 aromatic carbocycles. The van der Waals surface area contributed by atoms with E-state index in [1.54, 1.807) is 19.2 Å². The smallest absolute Gasteiger partial charge is 0.175 e. The Kier molecular flexibility index (Phi) is 5.97. The summed E-state index contributed by atoms with van der Waals surface area (Å²) in [5.41, 5.74) is 1.07. The van der Waals surface area contributed by atoms with Crippen molar-refractivity contribution in [3.8, 4) is 0 Å². The van der Waals surface area contributed by atoms with Crippen LogP contribution in [0.4, 0.5) is 0 Å². The van der Waals surface area contributed by atoms with E-state index in [1.807, 2.05) is 12.1 Å². The summed E-state index contributed by atoms with van der Waals surface area (Å²) >= 11 is 0. The average Bonchev–Trinajstić information content (AvgIpc) is 2.37. The Morgan fingerprint density at radius 2 is 1.84 bits per heavy atom. The van der Waals surface area contributed by atoms with E-state index in [4.69, 9.17) is 4.74 Å². The molecule has 2 unspecified atom stereocenters. The maximum atomic E-state index is 11.4. The second-order valence-corrected chi connectivity index (χ2v) is 6.81. The van der Waals surface area contributed by atoms with Gasteiger partial charge in [-0.3, -0.25) is 0 Å². The van der Waals surface area contributed by atoms with Gasteiger partial charge in [0.05, 0.1) is 11.5 Å². The fourth-order valence-corrected chi connectivity index (χ4v) is 2.57. The second-order valence-electron chi connectivity index (χ2n) is 4.79. The quantitative estimate of drug-likeness (QED) is 0.834. The molecule has 0 aliphatic rings. The van der Waals surface area contributed by atoms with Crippen LogP contribution in [0.5, 0.6) is 0 Å². The molecule has 1 N–H and O–H groups in total. The molecule has 0 aliphatic carbocycles. The molecule has 0 radical (unpaired) electrons. The molecule has 0 saturated carbocycles. The Hall–Kier alpha value is -0.910. The molecule has 0 amide bonds. The third-order valence-corrected chi connectivity index (χ3v) is 4.28. The minimum atomic E-state index is -3.12. The Labute approximate surface area is 116 Å². The van der Waals surface area contributed by atoms with E-state index in [1.165, 1.54) is 6.26 Å². The van der Waals surface area contributed by atoms with E-state index in [0.29, 0.717) is 17.5 Å². The van der Waals surface area contributed by atoms with Gasteiger partial charge in [-0.2, -0.15) is 0 Å². The summed E-state index contributed by atoms with van der Waals surface area (Å²) in [5, 5.41) is 3.47. The average molecular weight is 285 g/mol. The predicted molar refractivity (Wildman–Crippen MR) is 77.1 cm³/mol. The van der Waals surface area contributed by atoms with Gasteiger partial charge >= 0.3 is 0 Å². The lowest BCUT2D eigenvalue weighted by atomic mass is 10.1. The van der Waals surface area contributed by atoms with Gasteiger partial charge in [0, 0.05) is 25.4 Å². The minimum absolute atomic E-state index is 0.161. The third kappa shape index (κ3) is 4.93. The highest BCUT2D eigenvalue weighted by molar-refractivity contribution is 7.90. The molecule has 0 fully saturated rings. The Balaban J connectivity index is 2.75. The van der Waals surface area contributed by atoms with Gasteiger partial charge in [0.25, 0.3) is 0 Å². The molecule has 5 heteroatoms. The highest BCUT2D eigenvalue weighted by Crippen LogP contribution is 2.17. The Morgan fingerprint density at radius 1 is 1.26 bits per heavy atom. The van der Waals surface area contributed by atoms with Gasteiger partial charge in [0.2, 0.25) is 0 Å². The third-order valence-electron chi connectivity index (χ3n) is 3.15. The number of rotatable bonds is 7. The van der Waals surface area contributed by atoms with Gasteiger partial charge < -0.3 is 10.1 Å². The van der Waals surface area contributed by atoms with Crippen LogP contribution in [0.2, 0.25) is 0 Å². The molecular weight excluding hydrogens is 262 g/mol. The standard InChI is InChI=1S/C14H23NO3S/c1-5-13(10-18-3)15-11(2)12-6-8-14(9-7-12)19(4,16)17/h6-9,11,13,15H,5,10H2,1-4H3. The number of methoxy groups -OCH3 is 1. The van der Waals surface area contributed by atoms with Crippen LogP contribution < -0.4 is 5.32 Å². The van der Waals surface area contributed by atoms with Crippen molar-refractivity contribution in [2.24, 2.45) is 0 Å². The molecule has 2 atom stereocenters. The van der Waals surface area contributed by atoms with E-state index < -0.39 is 9.84 Å². The van der Waals surface area contributed by atoms with Crippen molar-refractivity contribution in [2.45, 2.75) is 37.2 Å². The summed E-state index contributed by atoms with van der Waals surface area (Å²) in [6.45, 7) is 4.84. The zero-order valence-electron chi connectivity index (χ0n) is 12.0. The molecule has 0 spiro atoms. The SMILES string of the molecule is CCC(COC)NC(C)c1ccc(S(C)(=O)=O)cc1. The van der Waals surface area contributed by atoms with E-state index >= 15 is 0 Å². The number of nitrogens with one attached hydrogen (secondary N) is 1. The normalized spacial score (nSPS) is 15.2. The number of benzene rings is 1. The zero-order valence-corrected chi connectivity index (χ0v) is 12.8. The maximum Gasteiger partial charge on any atom is 0.175 e. The lowest BCUT2D eigenvalue weighted by molar-refractivity contribution is 0.159. The monoisotopic (exact) mass is 285 g/mol. The molecule has 4 nitrogen and oxygen atoms in total. The molecule has 0 saturated heterocycles. The fraction of sp³-hybridized carbons (Fsp3) is 0.571. The minimum Gasteiger partial charge on any atom is -0.383 e. The first kappa shape index (κ1) is 16.1. The van der Waals surface area contributed by atoms with Crippen molar-refractivity contribution in [3.63, 3.8) is 0 Å². The van der Waals surface area contributed by atoms with Crippen LogP contribution in [0.25, 0.3) is 0 Å². The number of ether oxygens (including phenoxy) is 1. The Morgan fingerprint density at radius 3 is 2.26 bits per heavy atom. The summed E-state index contributed by atoms with van der Waals surface area (Å²) in [5.74, 6) is 0. The predicted octanol–water partition coefficient (Wildman–Crippen LogP) is 2.17. The van der Waals surface area contributed by atoms with Crippen molar-refractivity contribution in [2.75, 3.05) is 20.0 Å². The summed E-state index contributed by atoms with van der Waals surface area (Å²) < 4.78 is 27.9. The first-order valence-electron chi connectivity index (χ1n) is 6.43. The number of hydrogen-bond acceptors (Lipinski definition) is 4. The first-order chi connectivity index (χ1) is 8.88. The number of sulfone groups is 1. The van der Waals surface area contributed by atoms with E-state index in [0.717, 1.165) is 12.0 Å². The van der Waals surface area contributed by atoms with Gasteiger partial charge in [0.15, 0.2) is 9.84 Å². The molecule has 0 bridgehead atoms.